The van der Waals surface area contributed by atoms with Gasteiger partial charge in [-0.1, -0.05) is 13.8 Å². The van der Waals surface area contributed by atoms with Crippen molar-refractivity contribution >= 4 is 5.91 Å². The zero-order valence-corrected chi connectivity index (χ0v) is 8.47. The van der Waals surface area contributed by atoms with Crippen LogP contribution in [-0.2, 0) is 4.79 Å². The molecule has 13 heavy (non-hydrogen) atoms. The highest BCUT2D eigenvalue weighted by atomic mass is 16.5. The second-order valence-corrected chi connectivity index (χ2v) is 4.85. The molecule has 0 saturated heterocycles. The first-order valence-electron chi connectivity index (χ1n) is 4.96. The van der Waals surface area contributed by atoms with Crippen LogP contribution in [0, 0.1) is 11.3 Å². The number of carbonyl (C=O) groups excluding carboxylic acids is 1. The summed E-state index contributed by atoms with van der Waals surface area (Å²) < 4.78 is 0. The molecule has 76 valence electrons. The summed E-state index contributed by atoms with van der Waals surface area (Å²) in [6.45, 7) is 4.55. The van der Waals surface area contributed by atoms with E-state index in [2.05, 4.69) is 13.8 Å². The highest BCUT2D eigenvalue weighted by Gasteiger charge is 2.27. The molecule has 1 saturated carbocycles. The number of amides is 1. The Kier molecular flexibility index (Phi) is 3.31. The van der Waals surface area contributed by atoms with Gasteiger partial charge < -0.3 is 0 Å². The summed E-state index contributed by atoms with van der Waals surface area (Å²) in [5, 5.41) is 8.37. The van der Waals surface area contributed by atoms with Gasteiger partial charge in [-0.15, -0.1) is 0 Å². The predicted octanol–water partition coefficient (Wildman–Crippen LogP) is 2.10. The monoisotopic (exact) mass is 185 g/mol. The third kappa shape index (κ3) is 3.35. The van der Waals surface area contributed by atoms with Crippen LogP contribution in [0.2, 0.25) is 0 Å². The van der Waals surface area contributed by atoms with Crippen molar-refractivity contribution in [1.82, 2.24) is 5.48 Å². The normalized spacial score (nSPS) is 22.7. The lowest BCUT2D eigenvalue weighted by atomic mass is 9.72. The first kappa shape index (κ1) is 10.5. The minimum atomic E-state index is -0.246. The Morgan fingerprint density at radius 3 is 2.46 bits per heavy atom. The molecule has 2 N–H and O–H groups in total. The summed E-state index contributed by atoms with van der Waals surface area (Å²) in [5.41, 5.74) is 2.14. The summed E-state index contributed by atoms with van der Waals surface area (Å²) >= 11 is 0. The van der Waals surface area contributed by atoms with Crippen molar-refractivity contribution in [3.63, 3.8) is 0 Å². The zero-order valence-electron chi connectivity index (χ0n) is 8.47. The fourth-order valence-electron chi connectivity index (χ4n) is 1.97. The highest BCUT2D eigenvalue weighted by molar-refractivity contribution is 5.74. The molecule has 1 fully saturated rings. The van der Waals surface area contributed by atoms with Gasteiger partial charge in [0.15, 0.2) is 0 Å². The van der Waals surface area contributed by atoms with Gasteiger partial charge in [0.2, 0.25) is 5.91 Å². The lowest BCUT2D eigenvalue weighted by molar-refractivity contribution is -0.130. The Morgan fingerprint density at radius 1 is 1.46 bits per heavy atom. The van der Waals surface area contributed by atoms with E-state index in [0.717, 1.165) is 12.8 Å². The molecule has 0 aromatic rings. The predicted molar refractivity (Wildman–Crippen MR) is 50.3 cm³/mol. The summed E-state index contributed by atoms with van der Waals surface area (Å²) in [6, 6.07) is 0. The lowest BCUT2D eigenvalue weighted by Gasteiger charge is -2.33. The molecule has 3 nitrogen and oxygen atoms in total. The van der Waals surface area contributed by atoms with E-state index in [9.17, 15) is 4.79 Å². The molecule has 1 amide bonds. The minimum absolute atomic E-state index is 0.246. The fourth-order valence-corrected chi connectivity index (χ4v) is 1.97. The van der Waals surface area contributed by atoms with Gasteiger partial charge in [0.1, 0.15) is 0 Å². The summed E-state index contributed by atoms with van der Waals surface area (Å²) in [6.07, 6.45) is 5.08. The van der Waals surface area contributed by atoms with Crippen molar-refractivity contribution in [3.05, 3.63) is 0 Å². The van der Waals surface area contributed by atoms with Crippen LogP contribution in [0.3, 0.4) is 0 Å². The third-order valence-electron chi connectivity index (χ3n) is 3.06. The lowest BCUT2D eigenvalue weighted by Crippen LogP contribution is -2.26. The van der Waals surface area contributed by atoms with Crippen LogP contribution in [0.25, 0.3) is 0 Å². The van der Waals surface area contributed by atoms with Crippen molar-refractivity contribution in [2.45, 2.75) is 46.0 Å². The quantitative estimate of drug-likeness (QED) is 0.511. The Hall–Kier alpha value is -0.570. The smallest absolute Gasteiger partial charge is 0.243 e. The first-order chi connectivity index (χ1) is 6.03. The van der Waals surface area contributed by atoms with Gasteiger partial charge in [-0.25, -0.2) is 5.48 Å². The molecule has 0 bridgehead atoms. The first-order valence-corrected chi connectivity index (χ1v) is 4.96. The Labute approximate surface area is 79.5 Å². The van der Waals surface area contributed by atoms with Crippen molar-refractivity contribution < 1.29 is 10.0 Å². The van der Waals surface area contributed by atoms with Crippen LogP contribution < -0.4 is 5.48 Å². The van der Waals surface area contributed by atoms with Gasteiger partial charge in [-0.3, -0.25) is 10.0 Å². The van der Waals surface area contributed by atoms with E-state index in [4.69, 9.17) is 5.21 Å². The van der Waals surface area contributed by atoms with E-state index >= 15 is 0 Å². The van der Waals surface area contributed by atoms with E-state index in [1.54, 1.807) is 5.48 Å². The van der Waals surface area contributed by atoms with Gasteiger partial charge in [0, 0.05) is 6.42 Å². The Balaban J connectivity index is 2.29. The van der Waals surface area contributed by atoms with Crippen LogP contribution in [0.15, 0.2) is 0 Å². The number of hydrogen-bond acceptors (Lipinski definition) is 2. The van der Waals surface area contributed by atoms with Crippen molar-refractivity contribution in [1.29, 1.82) is 0 Å². The maximum Gasteiger partial charge on any atom is 0.243 e. The van der Waals surface area contributed by atoms with Crippen LogP contribution in [-0.4, -0.2) is 11.1 Å². The molecule has 0 aromatic heterocycles. The van der Waals surface area contributed by atoms with Gasteiger partial charge in [-0.05, 0) is 37.0 Å². The molecule has 1 rings (SSSR count). The Morgan fingerprint density at radius 2 is 2.00 bits per heavy atom. The molecule has 0 spiro atoms. The molecule has 1 aliphatic rings. The number of carbonyl (C=O) groups is 1. The average Bonchev–Trinajstić information content (AvgIpc) is 2.08. The highest BCUT2D eigenvalue weighted by Crippen LogP contribution is 2.38. The largest absolute Gasteiger partial charge is 0.289 e. The summed E-state index contributed by atoms with van der Waals surface area (Å²) in [5.74, 6) is 0.227. The fraction of sp³-hybridized carbons (Fsp3) is 0.900. The molecule has 0 heterocycles. The van der Waals surface area contributed by atoms with E-state index in [1.165, 1.54) is 12.8 Å². The van der Waals surface area contributed by atoms with Crippen LogP contribution in [0.4, 0.5) is 0 Å². The summed E-state index contributed by atoms with van der Waals surface area (Å²) in [7, 11) is 0. The molecule has 0 radical (unpaired) electrons. The Bertz CT molecular complexity index is 179. The molecule has 0 aromatic carbocycles. The maximum atomic E-state index is 10.9. The van der Waals surface area contributed by atoms with Gasteiger partial charge >= 0.3 is 0 Å². The molecule has 0 atom stereocenters. The SMILES string of the molecule is CC1(C)CCC(CC(=O)NO)CC1. The van der Waals surface area contributed by atoms with Gasteiger partial charge in [0.25, 0.3) is 0 Å². The van der Waals surface area contributed by atoms with E-state index in [0.29, 0.717) is 17.8 Å². The van der Waals surface area contributed by atoms with Gasteiger partial charge in [0.05, 0.1) is 0 Å². The van der Waals surface area contributed by atoms with Crippen LogP contribution in [0.5, 0.6) is 0 Å². The van der Waals surface area contributed by atoms with Crippen molar-refractivity contribution in [2.75, 3.05) is 0 Å². The zero-order chi connectivity index (χ0) is 9.90. The van der Waals surface area contributed by atoms with Crippen molar-refractivity contribution in [3.8, 4) is 0 Å². The number of hydrogen-bond donors (Lipinski definition) is 2. The minimum Gasteiger partial charge on any atom is -0.289 e. The van der Waals surface area contributed by atoms with Gasteiger partial charge in [-0.2, -0.15) is 0 Å². The second kappa shape index (κ2) is 4.09. The molecular formula is C10H19NO2. The average molecular weight is 185 g/mol. The number of nitrogens with one attached hydrogen (secondary N) is 1. The number of hydroxylamine groups is 1. The molecule has 0 unspecified atom stereocenters. The molecule has 3 heteroatoms. The topological polar surface area (TPSA) is 49.3 Å². The standard InChI is InChI=1S/C10H19NO2/c1-10(2)5-3-8(4-6-10)7-9(12)11-13/h8,13H,3-7H2,1-2H3,(H,11,12). The second-order valence-electron chi connectivity index (χ2n) is 4.85. The van der Waals surface area contributed by atoms with Crippen LogP contribution >= 0.6 is 0 Å². The van der Waals surface area contributed by atoms with E-state index in [-0.39, 0.29) is 5.91 Å². The van der Waals surface area contributed by atoms with Crippen LogP contribution in [0.1, 0.15) is 46.0 Å². The van der Waals surface area contributed by atoms with E-state index < -0.39 is 0 Å². The summed E-state index contributed by atoms with van der Waals surface area (Å²) in [4.78, 5) is 10.9. The molecule has 0 aliphatic heterocycles. The number of rotatable bonds is 2. The molecule has 1 aliphatic carbocycles. The van der Waals surface area contributed by atoms with Crippen molar-refractivity contribution in [2.24, 2.45) is 11.3 Å². The third-order valence-corrected chi connectivity index (χ3v) is 3.06. The maximum absolute atomic E-state index is 10.9. The molecular weight excluding hydrogens is 166 g/mol. The van der Waals surface area contributed by atoms with E-state index in [1.807, 2.05) is 0 Å².